The van der Waals surface area contributed by atoms with Crippen LogP contribution in [0.2, 0.25) is 10.0 Å². The molecule has 2 amide bonds. The normalized spacial score (nSPS) is 11.9. The third-order valence-electron chi connectivity index (χ3n) is 6.25. The molecule has 0 saturated carbocycles. The van der Waals surface area contributed by atoms with Gasteiger partial charge in [-0.3, -0.25) is 13.9 Å². The Balaban J connectivity index is 2.12. The summed E-state index contributed by atoms with van der Waals surface area (Å²) in [5, 5.41) is 3.54. The van der Waals surface area contributed by atoms with Gasteiger partial charge in [0.05, 0.1) is 17.7 Å². The fourth-order valence-corrected chi connectivity index (χ4v) is 5.99. The lowest BCUT2D eigenvalue weighted by atomic mass is 10.1. The Bertz CT molecular complexity index is 1420. The highest BCUT2D eigenvalue weighted by molar-refractivity contribution is 7.92. The molecule has 0 aliphatic rings. The Hall–Kier alpha value is -3.27. The van der Waals surface area contributed by atoms with Crippen molar-refractivity contribution in [1.82, 2.24) is 10.2 Å². The van der Waals surface area contributed by atoms with E-state index in [-0.39, 0.29) is 33.8 Å². The monoisotopic (exact) mass is 605 g/mol. The Kier molecular flexibility index (Phi) is 11.2. The molecule has 3 aromatic carbocycles. The molecule has 11 heteroatoms. The quantitative estimate of drug-likeness (QED) is 0.276. The standard InChI is InChI=1S/C29H33Cl2N3O5S/c1-4-17-32-29(36)25(5-2)33(19-21-11-9-10-14-24(21)31)28(35)20-34(26-18-22(30)15-16-27(26)39-3)40(37,38)23-12-7-6-8-13-23/h6-16,18,25H,4-5,17,19-20H2,1-3H3,(H,32,36)/t25-/m1/s1. The van der Waals surface area contributed by atoms with Crippen LogP contribution in [0.1, 0.15) is 32.3 Å². The molecule has 8 nitrogen and oxygen atoms in total. The first kappa shape index (κ1) is 31.3. The molecule has 1 atom stereocenters. The molecule has 0 spiro atoms. The van der Waals surface area contributed by atoms with E-state index < -0.39 is 28.5 Å². The van der Waals surface area contributed by atoms with Crippen LogP contribution in [-0.4, -0.2) is 51.4 Å². The lowest BCUT2D eigenvalue weighted by molar-refractivity contribution is -0.140. The third kappa shape index (κ3) is 7.47. The van der Waals surface area contributed by atoms with E-state index in [9.17, 15) is 18.0 Å². The van der Waals surface area contributed by atoms with Crippen molar-refractivity contribution < 1.29 is 22.7 Å². The minimum absolute atomic E-state index is 0.00244. The second-order valence-electron chi connectivity index (χ2n) is 8.97. The number of carbonyl (C=O) groups is 2. The molecule has 3 rings (SSSR count). The number of carbonyl (C=O) groups excluding carboxylic acids is 2. The van der Waals surface area contributed by atoms with E-state index in [1.807, 2.05) is 6.92 Å². The topological polar surface area (TPSA) is 96.0 Å². The van der Waals surface area contributed by atoms with Gasteiger partial charge in [0.1, 0.15) is 18.3 Å². The number of hydrogen-bond acceptors (Lipinski definition) is 5. The summed E-state index contributed by atoms with van der Waals surface area (Å²) in [4.78, 5) is 28.6. The van der Waals surface area contributed by atoms with Crippen LogP contribution >= 0.6 is 23.2 Å². The van der Waals surface area contributed by atoms with Crippen LogP contribution < -0.4 is 14.4 Å². The van der Waals surface area contributed by atoms with E-state index in [0.29, 0.717) is 23.6 Å². The van der Waals surface area contributed by atoms with Gasteiger partial charge in [-0.25, -0.2) is 8.42 Å². The molecule has 0 aliphatic heterocycles. The zero-order valence-electron chi connectivity index (χ0n) is 22.6. The predicted molar refractivity (Wildman–Crippen MR) is 158 cm³/mol. The number of rotatable bonds is 13. The van der Waals surface area contributed by atoms with Crippen molar-refractivity contribution in [2.24, 2.45) is 0 Å². The zero-order valence-corrected chi connectivity index (χ0v) is 25.0. The number of anilines is 1. The van der Waals surface area contributed by atoms with Crippen molar-refractivity contribution in [3.05, 3.63) is 88.4 Å². The fourth-order valence-electron chi connectivity index (χ4n) is 4.19. The molecule has 0 aromatic heterocycles. The second kappa shape index (κ2) is 14.4. The van der Waals surface area contributed by atoms with Crippen LogP contribution in [0.5, 0.6) is 5.75 Å². The van der Waals surface area contributed by atoms with Crippen LogP contribution in [-0.2, 0) is 26.2 Å². The molecule has 3 aromatic rings. The van der Waals surface area contributed by atoms with Gasteiger partial charge in [0.2, 0.25) is 11.8 Å². The highest BCUT2D eigenvalue weighted by Gasteiger charge is 2.35. The van der Waals surface area contributed by atoms with Gasteiger partial charge in [-0.05, 0) is 54.8 Å². The zero-order chi connectivity index (χ0) is 29.3. The second-order valence-corrected chi connectivity index (χ2v) is 11.7. The smallest absolute Gasteiger partial charge is 0.264 e. The van der Waals surface area contributed by atoms with Gasteiger partial charge < -0.3 is 15.0 Å². The molecule has 0 radical (unpaired) electrons. The lowest BCUT2D eigenvalue weighted by Gasteiger charge is -2.33. The van der Waals surface area contributed by atoms with E-state index in [1.165, 1.54) is 36.3 Å². The van der Waals surface area contributed by atoms with Crippen LogP contribution in [0.25, 0.3) is 0 Å². The molecule has 0 unspecified atom stereocenters. The van der Waals surface area contributed by atoms with Crippen molar-refractivity contribution in [2.45, 2.75) is 44.2 Å². The average molecular weight is 607 g/mol. The van der Waals surface area contributed by atoms with Crippen LogP contribution in [0, 0.1) is 0 Å². The van der Waals surface area contributed by atoms with E-state index in [2.05, 4.69) is 5.32 Å². The molecular weight excluding hydrogens is 573 g/mol. The van der Waals surface area contributed by atoms with Crippen molar-refractivity contribution in [3.63, 3.8) is 0 Å². The summed E-state index contributed by atoms with van der Waals surface area (Å²) in [6.07, 6.45) is 1.02. The molecule has 0 fully saturated rings. The number of nitrogens with zero attached hydrogens (tertiary/aromatic N) is 2. The number of nitrogens with one attached hydrogen (secondary N) is 1. The molecule has 0 saturated heterocycles. The van der Waals surface area contributed by atoms with E-state index in [1.54, 1.807) is 55.5 Å². The summed E-state index contributed by atoms with van der Waals surface area (Å²) >= 11 is 12.7. The number of methoxy groups -OCH3 is 1. The summed E-state index contributed by atoms with van der Waals surface area (Å²) in [5.74, 6) is -0.718. The molecule has 1 N–H and O–H groups in total. The molecule has 0 heterocycles. The maximum Gasteiger partial charge on any atom is 0.264 e. The molecule has 40 heavy (non-hydrogen) atoms. The molecule has 0 bridgehead atoms. The van der Waals surface area contributed by atoms with Gasteiger partial charge >= 0.3 is 0 Å². The van der Waals surface area contributed by atoms with Gasteiger partial charge in [-0.2, -0.15) is 0 Å². The number of halogens is 2. The van der Waals surface area contributed by atoms with Crippen molar-refractivity contribution in [3.8, 4) is 5.75 Å². The summed E-state index contributed by atoms with van der Waals surface area (Å²) in [5.41, 5.74) is 0.713. The SMILES string of the molecule is CCCNC(=O)[C@@H](CC)N(Cc1ccccc1Cl)C(=O)CN(c1cc(Cl)ccc1OC)S(=O)(=O)c1ccccc1. The number of sulfonamides is 1. The maximum atomic E-state index is 14.1. The summed E-state index contributed by atoms with van der Waals surface area (Å²) in [6.45, 7) is 3.55. The van der Waals surface area contributed by atoms with E-state index >= 15 is 0 Å². The van der Waals surface area contributed by atoms with E-state index in [0.717, 1.165) is 10.7 Å². The van der Waals surface area contributed by atoms with Gasteiger partial charge in [0, 0.05) is 23.1 Å². The first-order valence-corrected chi connectivity index (χ1v) is 15.1. The predicted octanol–water partition coefficient (Wildman–Crippen LogP) is 5.53. The molecule has 214 valence electrons. The minimum Gasteiger partial charge on any atom is -0.495 e. The highest BCUT2D eigenvalue weighted by atomic mass is 35.5. The number of amides is 2. The lowest BCUT2D eigenvalue weighted by Crippen LogP contribution is -2.52. The van der Waals surface area contributed by atoms with Crippen LogP contribution in [0.15, 0.2) is 77.7 Å². The largest absolute Gasteiger partial charge is 0.495 e. The third-order valence-corrected chi connectivity index (χ3v) is 8.63. The Morgan fingerprint density at radius 3 is 2.27 bits per heavy atom. The van der Waals surface area contributed by atoms with Crippen LogP contribution in [0.4, 0.5) is 5.69 Å². The summed E-state index contributed by atoms with van der Waals surface area (Å²) < 4.78 is 34.3. The molecule has 0 aliphatic carbocycles. The van der Waals surface area contributed by atoms with Gasteiger partial charge in [-0.1, -0.05) is 73.4 Å². The highest BCUT2D eigenvalue weighted by Crippen LogP contribution is 2.35. The van der Waals surface area contributed by atoms with Gasteiger partial charge in [0.25, 0.3) is 10.0 Å². The van der Waals surface area contributed by atoms with Crippen molar-refractivity contribution >= 4 is 50.7 Å². The first-order valence-electron chi connectivity index (χ1n) is 12.9. The average Bonchev–Trinajstić information content (AvgIpc) is 2.95. The Labute approximate surface area is 245 Å². The van der Waals surface area contributed by atoms with Gasteiger partial charge in [0.15, 0.2) is 0 Å². The van der Waals surface area contributed by atoms with Gasteiger partial charge in [-0.15, -0.1) is 0 Å². The van der Waals surface area contributed by atoms with Crippen molar-refractivity contribution in [1.29, 1.82) is 0 Å². The number of hydrogen-bond donors (Lipinski definition) is 1. The van der Waals surface area contributed by atoms with Crippen molar-refractivity contribution in [2.75, 3.05) is 24.5 Å². The fraction of sp³-hybridized carbons (Fsp3) is 0.310. The first-order chi connectivity index (χ1) is 19.1. The number of ether oxygens (including phenoxy) is 1. The Morgan fingerprint density at radius 2 is 1.65 bits per heavy atom. The maximum absolute atomic E-state index is 14.1. The minimum atomic E-state index is -4.26. The number of benzene rings is 3. The summed E-state index contributed by atoms with van der Waals surface area (Å²) in [6, 6.07) is 18.4. The summed E-state index contributed by atoms with van der Waals surface area (Å²) in [7, 11) is -2.86. The Morgan fingerprint density at radius 1 is 0.975 bits per heavy atom. The van der Waals surface area contributed by atoms with E-state index in [4.69, 9.17) is 27.9 Å². The molecular formula is C29H33Cl2N3O5S. The van der Waals surface area contributed by atoms with Crippen LogP contribution in [0.3, 0.4) is 0 Å².